The summed E-state index contributed by atoms with van der Waals surface area (Å²) >= 11 is 0. The van der Waals surface area contributed by atoms with E-state index in [2.05, 4.69) is 0 Å². The minimum Gasteiger partial charge on any atom is -0.463 e. The Balaban J connectivity index is 3.83. The third kappa shape index (κ3) is 5.45. The van der Waals surface area contributed by atoms with Crippen molar-refractivity contribution >= 4 is 5.97 Å². The Morgan fingerprint density at radius 2 is 1.71 bits per heavy atom. The first-order valence-corrected chi connectivity index (χ1v) is 5.62. The molecule has 0 aliphatic rings. The van der Waals surface area contributed by atoms with Crippen molar-refractivity contribution in [3.05, 3.63) is 0 Å². The predicted molar refractivity (Wildman–Crippen MR) is 60.5 cm³/mol. The van der Waals surface area contributed by atoms with E-state index < -0.39 is 24.6 Å². The molecule has 0 amide bonds. The van der Waals surface area contributed by atoms with Gasteiger partial charge in [0.2, 0.25) is 0 Å². The van der Waals surface area contributed by atoms with Crippen molar-refractivity contribution < 1.29 is 29.2 Å². The van der Waals surface area contributed by atoms with Gasteiger partial charge in [-0.25, -0.2) is 0 Å². The fourth-order valence-corrected chi connectivity index (χ4v) is 1.14. The average Bonchev–Trinajstić information content (AvgIpc) is 2.36. The number of esters is 1. The topological polar surface area (TPSA) is 85.2 Å². The molecule has 0 aliphatic heterocycles. The van der Waals surface area contributed by atoms with Gasteiger partial charge in [-0.3, -0.25) is 4.79 Å². The molecule has 6 nitrogen and oxygen atoms in total. The number of aliphatic hydroxyl groups excluding tert-OH is 2. The van der Waals surface area contributed by atoms with Gasteiger partial charge < -0.3 is 24.4 Å². The lowest BCUT2D eigenvalue weighted by Gasteiger charge is -2.25. The van der Waals surface area contributed by atoms with Crippen LogP contribution in [0.4, 0.5) is 0 Å². The van der Waals surface area contributed by atoms with Crippen molar-refractivity contribution in [3.8, 4) is 0 Å². The second-order valence-corrected chi connectivity index (χ2v) is 3.69. The third-order valence-electron chi connectivity index (χ3n) is 2.61. The van der Waals surface area contributed by atoms with Gasteiger partial charge in [0.15, 0.2) is 0 Å². The fourth-order valence-electron chi connectivity index (χ4n) is 1.14. The lowest BCUT2D eigenvalue weighted by Crippen LogP contribution is -2.40. The number of carbonyl (C=O) groups excluding carboxylic acids is 1. The van der Waals surface area contributed by atoms with Crippen LogP contribution in [0.25, 0.3) is 0 Å². The van der Waals surface area contributed by atoms with Gasteiger partial charge in [0.1, 0.15) is 12.0 Å². The molecule has 17 heavy (non-hydrogen) atoms. The molecule has 0 heterocycles. The molecule has 0 aromatic carbocycles. The number of carbonyl (C=O) groups is 1. The molecule has 0 unspecified atom stereocenters. The van der Waals surface area contributed by atoms with Crippen molar-refractivity contribution in [2.75, 3.05) is 46.8 Å². The smallest absolute Gasteiger partial charge is 0.316 e. The largest absolute Gasteiger partial charge is 0.463 e. The van der Waals surface area contributed by atoms with Crippen LogP contribution in [0.2, 0.25) is 0 Å². The van der Waals surface area contributed by atoms with E-state index in [0.717, 1.165) is 0 Å². The molecule has 0 saturated carbocycles. The van der Waals surface area contributed by atoms with Gasteiger partial charge in [-0.1, -0.05) is 6.92 Å². The molecule has 102 valence electrons. The number of hydrogen-bond acceptors (Lipinski definition) is 6. The number of hydrogen-bond donors (Lipinski definition) is 2. The summed E-state index contributed by atoms with van der Waals surface area (Å²) in [6, 6.07) is 0. The lowest BCUT2D eigenvalue weighted by molar-refractivity contribution is -0.163. The molecule has 0 rings (SSSR count). The second-order valence-electron chi connectivity index (χ2n) is 3.69. The van der Waals surface area contributed by atoms with Crippen LogP contribution < -0.4 is 0 Å². The van der Waals surface area contributed by atoms with Crippen LogP contribution in [0, 0.1) is 5.41 Å². The van der Waals surface area contributed by atoms with E-state index in [0.29, 0.717) is 19.6 Å². The summed E-state index contributed by atoms with van der Waals surface area (Å²) < 4.78 is 14.8. The molecule has 2 N–H and O–H groups in total. The van der Waals surface area contributed by atoms with E-state index in [9.17, 15) is 4.79 Å². The Morgan fingerprint density at radius 1 is 1.12 bits per heavy atom. The Bertz CT molecular complexity index is 194. The predicted octanol–water partition coefficient (Wildman–Crippen LogP) is -0.426. The van der Waals surface area contributed by atoms with Gasteiger partial charge in [0, 0.05) is 7.11 Å². The van der Waals surface area contributed by atoms with Gasteiger partial charge >= 0.3 is 5.97 Å². The molecule has 0 radical (unpaired) electrons. The van der Waals surface area contributed by atoms with Crippen molar-refractivity contribution in [3.63, 3.8) is 0 Å². The Kier molecular flexibility index (Phi) is 8.97. The summed E-state index contributed by atoms with van der Waals surface area (Å²) in [5.74, 6) is -0.597. The van der Waals surface area contributed by atoms with E-state index in [4.69, 9.17) is 24.4 Å². The summed E-state index contributed by atoms with van der Waals surface area (Å²) in [6.07, 6.45) is 0.323. The minimum absolute atomic E-state index is 0.101. The van der Waals surface area contributed by atoms with Crippen LogP contribution in [-0.4, -0.2) is 62.9 Å². The Hall–Kier alpha value is -0.690. The molecule has 0 fully saturated rings. The van der Waals surface area contributed by atoms with Gasteiger partial charge in [-0.15, -0.1) is 0 Å². The maximum atomic E-state index is 11.6. The highest BCUT2D eigenvalue weighted by Gasteiger charge is 2.37. The molecule has 0 spiro atoms. The van der Waals surface area contributed by atoms with Crippen molar-refractivity contribution in [2.24, 2.45) is 5.41 Å². The van der Waals surface area contributed by atoms with E-state index in [1.165, 1.54) is 0 Å². The molecule has 0 aliphatic carbocycles. The van der Waals surface area contributed by atoms with Crippen LogP contribution in [0.3, 0.4) is 0 Å². The SMILES string of the molecule is CCC(CO)(CO)C(=O)OCCOCCOC. The molecular formula is C11H22O6. The van der Waals surface area contributed by atoms with Crippen molar-refractivity contribution in [1.29, 1.82) is 0 Å². The number of aliphatic hydroxyl groups is 2. The highest BCUT2D eigenvalue weighted by atomic mass is 16.6. The van der Waals surface area contributed by atoms with Crippen LogP contribution >= 0.6 is 0 Å². The van der Waals surface area contributed by atoms with E-state index in [-0.39, 0.29) is 13.2 Å². The quantitative estimate of drug-likeness (QED) is 0.404. The monoisotopic (exact) mass is 250 g/mol. The van der Waals surface area contributed by atoms with E-state index in [1.54, 1.807) is 14.0 Å². The average molecular weight is 250 g/mol. The maximum absolute atomic E-state index is 11.6. The highest BCUT2D eigenvalue weighted by Crippen LogP contribution is 2.22. The van der Waals surface area contributed by atoms with Gasteiger partial charge in [-0.2, -0.15) is 0 Å². The summed E-state index contributed by atoms with van der Waals surface area (Å²) in [4.78, 5) is 11.6. The van der Waals surface area contributed by atoms with E-state index in [1.807, 2.05) is 0 Å². The Labute approximate surface area is 101 Å². The molecule has 0 bridgehead atoms. The molecule has 0 aromatic heterocycles. The normalized spacial score (nSPS) is 11.5. The third-order valence-corrected chi connectivity index (χ3v) is 2.61. The first-order valence-electron chi connectivity index (χ1n) is 5.62. The standard InChI is InChI=1S/C11H22O6/c1-3-11(8-12,9-13)10(14)17-7-6-16-5-4-15-2/h12-13H,3-9H2,1-2H3. The van der Waals surface area contributed by atoms with Crippen molar-refractivity contribution in [2.45, 2.75) is 13.3 Å². The number of methoxy groups -OCH3 is 1. The fraction of sp³-hybridized carbons (Fsp3) is 0.909. The van der Waals surface area contributed by atoms with Gasteiger partial charge in [0.25, 0.3) is 0 Å². The number of rotatable bonds is 10. The summed E-state index contributed by atoms with van der Waals surface area (Å²) in [6.45, 7) is 2.15. The first kappa shape index (κ1) is 16.3. The summed E-state index contributed by atoms with van der Waals surface area (Å²) in [7, 11) is 1.57. The van der Waals surface area contributed by atoms with Crippen molar-refractivity contribution in [1.82, 2.24) is 0 Å². The van der Waals surface area contributed by atoms with Crippen LogP contribution in [-0.2, 0) is 19.0 Å². The minimum atomic E-state index is -1.20. The zero-order chi connectivity index (χ0) is 13.1. The van der Waals surface area contributed by atoms with Gasteiger partial charge in [0.05, 0.1) is 33.0 Å². The summed E-state index contributed by atoms with van der Waals surface area (Å²) in [5, 5.41) is 18.2. The van der Waals surface area contributed by atoms with Crippen LogP contribution in [0.15, 0.2) is 0 Å². The highest BCUT2D eigenvalue weighted by molar-refractivity contribution is 5.77. The molecular weight excluding hydrogens is 228 g/mol. The van der Waals surface area contributed by atoms with Crippen LogP contribution in [0.1, 0.15) is 13.3 Å². The van der Waals surface area contributed by atoms with Crippen LogP contribution in [0.5, 0.6) is 0 Å². The zero-order valence-corrected chi connectivity index (χ0v) is 10.5. The Morgan fingerprint density at radius 3 is 2.18 bits per heavy atom. The maximum Gasteiger partial charge on any atom is 0.316 e. The van der Waals surface area contributed by atoms with E-state index >= 15 is 0 Å². The van der Waals surface area contributed by atoms with Gasteiger partial charge in [-0.05, 0) is 6.42 Å². The first-order chi connectivity index (χ1) is 8.16. The lowest BCUT2D eigenvalue weighted by atomic mass is 9.87. The zero-order valence-electron chi connectivity index (χ0n) is 10.5. The second kappa shape index (κ2) is 9.35. The molecule has 0 aromatic rings. The number of ether oxygens (including phenoxy) is 3. The molecule has 6 heteroatoms. The molecule has 0 atom stereocenters. The molecule has 0 saturated heterocycles. The summed E-state index contributed by atoms with van der Waals surface area (Å²) in [5.41, 5.74) is -1.20.